The zero-order valence-corrected chi connectivity index (χ0v) is 16.1. The average molecular weight is 470 g/mol. The van der Waals surface area contributed by atoms with E-state index in [1.54, 1.807) is 18.2 Å². The predicted molar refractivity (Wildman–Crippen MR) is 100 cm³/mol. The van der Waals surface area contributed by atoms with Crippen molar-refractivity contribution in [2.24, 2.45) is 0 Å². The molecule has 0 unspecified atom stereocenters. The van der Waals surface area contributed by atoms with Crippen LogP contribution in [0.25, 0.3) is 5.69 Å². The summed E-state index contributed by atoms with van der Waals surface area (Å²) in [5.41, 5.74) is 5.03. The molecular formula is C18H9BrClF3N4O. The first kappa shape index (κ1) is 19.9. The van der Waals surface area contributed by atoms with Crippen molar-refractivity contribution >= 4 is 39.1 Å². The van der Waals surface area contributed by atoms with E-state index in [0.717, 1.165) is 24.3 Å². The van der Waals surface area contributed by atoms with Gasteiger partial charge in [-0.25, -0.2) is 4.68 Å². The minimum atomic E-state index is -4.52. The van der Waals surface area contributed by atoms with Crippen molar-refractivity contribution in [3.8, 4) is 11.8 Å². The quantitative estimate of drug-likeness (QED) is 0.548. The molecule has 0 atom stereocenters. The molecule has 2 N–H and O–H groups in total. The van der Waals surface area contributed by atoms with Crippen LogP contribution in [-0.2, 0) is 6.18 Å². The van der Waals surface area contributed by atoms with Crippen molar-refractivity contribution in [1.82, 2.24) is 9.78 Å². The van der Waals surface area contributed by atoms with Gasteiger partial charge >= 0.3 is 6.18 Å². The molecule has 1 heterocycles. The van der Waals surface area contributed by atoms with Crippen LogP contribution in [0.3, 0.4) is 0 Å². The van der Waals surface area contributed by atoms with Crippen LogP contribution in [0.1, 0.15) is 27.2 Å². The third-order valence-corrected chi connectivity index (χ3v) is 4.73. The molecule has 0 saturated heterocycles. The number of nitrogen functional groups attached to an aromatic ring is 1. The minimum Gasteiger partial charge on any atom is -0.382 e. The van der Waals surface area contributed by atoms with E-state index in [4.69, 9.17) is 17.3 Å². The molecule has 2 aromatic carbocycles. The Kier molecular flexibility index (Phi) is 5.19. The van der Waals surface area contributed by atoms with Gasteiger partial charge in [0.25, 0.3) is 0 Å². The van der Waals surface area contributed by atoms with Gasteiger partial charge in [-0.15, -0.1) is 0 Å². The maximum Gasteiger partial charge on any atom is 0.416 e. The molecule has 3 rings (SSSR count). The van der Waals surface area contributed by atoms with E-state index in [9.17, 15) is 23.2 Å². The van der Waals surface area contributed by atoms with E-state index >= 15 is 0 Å². The lowest BCUT2D eigenvalue weighted by Crippen LogP contribution is -2.08. The normalized spacial score (nSPS) is 11.3. The summed E-state index contributed by atoms with van der Waals surface area (Å²) in [5.74, 6) is -0.804. The number of alkyl halides is 3. The highest BCUT2D eigenvalue weighted by molar-refractivity contribution is 9.10. The van der Waals surface area contributed by atoms with Crippen LogP contribution in [-0.4, -0.2) is 15.6 Å². The van der Waals surface area contributed by atoms with Gasteiger partial charge in [-0.3, -0.25) is 4.79 Å². The Morgan fingerprint density at radius 1 is 1.21 bits per heavy atom. The van der Waals surface area contributed by atoms with Crippen LogP contribution in [0.4, 0.5) is 19.0 Å². The van der Waals surface area contributed by atoms with Crippen LogP contribution in [0.15, 0.2) is 46.9 Å². The van der Waals surface area contributed by atoms with Gasteiger partial charge in [-0.2, -0.15) is 23.5 Å². The number of carbonyl (C=O) groups excluding carboxylic acids is 1. The Balaban J connectivity index is 2.07. The Bertz CT molecular complexity index is 1120. The van der Waals surface area contributed by atoms with Gasteiger partial charge in [0.2, 0.25) is 5.78 Å². The van der Waals surface area contributed by atoms with Crippen molar-refractivity contribution in [1.29, 1.82) is 5.26 Å². The monoisotopic (exact) mass is 468 g/mol. The Hall–Kier alpha value is -2.83. The number of nitriles is 1. The van der Waals surface area contributed by atoms with Gasteiger partial charge in [-0.05, 0) is 46.3 Å². The van der Waals surface area contributed by atoms with E-state index in [2.05, 4.69) is 21.0 Å². The summed E-state index contributed by atoms with van der Waals surface area (Å²) in [6, 6.07) is 10.2. The zero-order valence-electron chi connectivity index (χ0n) is 13.8. The van der Waals surface area contributed by atoms with Crippen LogP contribution in [0, 0.1) is 11.3 Å². The summed E-state index contributed by atoms with van der Waals surface area (Å²) in [7, 11) is 0. The Morgan fingerprint density at radius 3 is 2.39 bits per heavy atom. The number of carbonyl (C=O) groups is 1. The molecule has 1 aromatic heterocycles. The topological polar surface area (TPSA) is 84.7 Å². The van der Waals surface area contributed by atoms with Crippen molar-refractivity contribution in [2.75, 3.05) is 5.73 Å². The SMILES string of the molecule is N#Cc1c(C(=O)c2ccc(C(F)(F)F)cc2)nn(-c2ccc(Cl)cc2Br)c1N. The summed E-state index contributed by atoms with van der Waals surface area (Å²) < 4.78 is 39.8. The first-order chi connectivity index (χ1) is 13.1. The fourth-order valence-corrected chi connectivity index (χ4v) is 3.33. The number of hydrogen-bond acceptors (Lipinski definition) is 4. The molecule has 0 spiro atoms. The highest BCUT2D eigenvalue weighted by Crippen LogP contribution is 2.31. The maximum absolute atomic E-state index is 12.7. The highest BCUT2D eigenvalue weighted by Gasteiger charge is 2.31. The zero-order chi connectivity index (χ0) is 20.6. The number of nitrogens with zero attached hydrogens (tertiary/aromatic N) is 3. The number of anilines is 1. The molecule has 0 bridgehead atoms. The highest BCUT2D eigenvalue weighted by atomic mass is 79.9. The van der Waals surface area contributed by atoms with Gasteiger partial charge < -0.3 is 5.73 Å². The second-order valence-corrected chi connectivity index (χ2v) is 6.92. The molecule has 10 heteroatoms. The third-order valence-electron chi connectivity index (χ3n) is 3.86. The second kappa shape index (κ2) is 7.30. The van der Waals surface area contributed by atoms with Gasteiger partial charge in [0.05, 0.1) is 11.3 Å². The van der Waals surface area contributed by atoms with Gasteiger partial charge in [0, 0.05) is 15.1 Å². The van der Waals surface area contributed by atoms with Crippen molar-refractivity contribution in [3.05, 3.63) is 74.3 Å². The Labute approximate surface area is 170 Å². The first-order valence-electron chi connectivity index (χ1n) is 7.59. The van der Waals surface area contributed by atoms with Gasteiger partial charge in [0.15, 0.2) is 5.69 Å². The molecular weight excluding hydrogens is 461 g/mol. The van der Waals surface area contributed by atoms with Gasteiger partial charge in [-0.1, -0.05) is 23.7 Å². The third kappa shape index (κ3) is 3.61. The number of nitrogens with two attached hydrogens (primary N) is 1. The molecule has 5 nitrogen and oxygen atoms in total. The van der Waals surface area contributed by atoms with E-state index in [1.165, 1.54) is 4.68 Å². The summed E-state index contributed by atoms with van der Waals surface area (Å²) in [4.78, 5) is 12.7. The molecule has 0 aliphatic heterocycles. The van der Waals surface area contributed by atoms with Crippen LogP contribution in [0.2, 0.25) is 5.02 Å². The van der Waals surface area contributed by atoms with E-state index < -0.39 is 17.5 Å². The van der Waals surface area contributed by atoms with Crippen LogP contribution < -0.4 is 5.73 Å². The summed E-state index contributed by atoms with van der Waals surface area (Å²) in [5, 5.41) is 14.0. The van der Waals surface area contributed by atoms with Crippen molar-refractivity contribution in [2.45, 2.75) is 6.18 Å². The fraction of sp³-hybridized carbons (Fsp3) is 0.0556. The summed E-state index contributed by atoms with van der Waals surface area (Å²) in [6.45, 7) is 0. The minimum absolute atomic E-state index is 0.0516. The molecule has 0 amide bonds. The number of hydrogen-bond donors (Lipinski definition) is 1. The Morgan fingerprint density at radius 2 is 1.86 bits per heavy atom. The number of halogens is 5. The van der Waals surface area contributed by atoms with Crippen molar-refractivity contribution in [3.63, 3.8) is 0 Å². The molecule has 0 aliphatic rings. The van der Waals surface area contributed by atoms with E-state index in [-0.39, 0.29) is 22.6 Å². The lowest BCUT2D eigenvalue weighted by molar-refractivity contribution is -0.137. The second-order valence-electron chi connectivity index (χ2n) is 5.63. The number of benzene rings is 2. The smallest absolute Gasteiger partial charge is 0.382 e. The standard InChI is InChI=1S/C18H9BrClF3N4O/c19-13-7-11(20)5-6-14(13)27-17(25)12(8-24)15(26-27)16(28)9-1-3-10(4-2-9)18(21,22)23/h1-7H,25H2. The average Bonchev–Trinajstić information content (AvgIpc) is 2.97. The summed E-state index contributed by atoms with van der Waals surface area (Å²) >= 11 is 9.21. The molecule has 28 heavy (non-hydrogen) atoms. The lowest BCUT2D eigenvalue weighted by Gasteiger charge is -2.07. The molecule has 0 saturated carbocycles. The number of ketones is 1. The molecule has 142 valence electrons. The van der Waals surface area contributed by atoms with Crippen LogP contribution in [0.5, 0.6) is 0 Å². The molecule has 0 aliphatic carbocycles. The predicted octanol–water partition coefficient (Wildman–Crippen LogP) is 4.99. The molecule has 0 fully saturated rings. The first-order valence-corrected chi connectivity index (χ1v) is 8.76. The maximum atomic E-state index is 12.7. The molecule has 3 aromatic rings. The number of aromatic nitrogens is 2. The van der Waals surface area contributed by atoms with Gasteiger partial charge in [0.1, 0.15) is 17.5 Å². The van der Waals surface area contributed by atoms with Crippen LogP contribution >= 0.6 is 27.5 Å². The van der Waals surface area contributed by atoms with E-state index in [1.807, 2.05) is 6.07 Å². The van der Waals surface area contributed by atoms with E-state index in [0.29, 0.717) is 15.2 Å². The molecule has 0 radical (unpaired) electrons. The largest absolute Gasteiger partial charge is 0.416 e. The lowest BCUT2D eigenvalue weighted by atomic mass is 10.0. The number of rotatable bonds is 3. The summed E-state index contributed by atoms with van der Waals surface area (Å²) in [6.07, 6.45) is -4.52. The fourth-order valence-electron chi connectivity index (χ4n) is 2.48. The van der Waals surface area contributed by atoms with Crippen molar-refractivity contribution < 1.29 is 18.0 Å².